The monoisotopic (exact) mass is 351 g/mol. The van der Waals surface area contributed by atoms with Crippen molar-refractivity contribution in [3.05, 3.63) is 0 Å². The van der Waals surface area contributed by atoms with Gasteiger partial charge in [-0.05, 0) is 51.6 Å². The Balaban J connectivity index is 1.46. The molecule has 3 aliphatic heterocycles. The van der Waals surface area contributed by atoms with E-state index < -0.39 is 0 Å². The first kappa shape index (κ1) is 18.6. The molecule has 6 heteroatoms. The molecule has 3 heterocycles. The third kappa shape index (κ3) is 4.53. The standard InChI is InChI=1S/C19H33N3O3/c1-15-3-7-21(8-4-15)18(23)16(2)20-9-5-17(6-10-20)19(24)22-11-13-25-14-12-22/h15-17H,3-14H2,1-2H3/t16-/m1/s1. The lowest BCUT2D eigenvalue weighted by molar-refractivity contribution is -0.142. The van der Waals surface area contributed by atoms with Gasteiger partial charge in [-0.3, -0.25) is 14.5 Å². The number of morpholine rings is 1. The molecular formula is C19H33N3O3. The lowest BCUT2D eigenvalue weighted by atomic mass is 9.93. The minimum absolute atomic E-state index is 0.0622. The van der Waals surface area contributed by atoms with Gasteiger partial charge in [0.2, 0.25) is 11.8 Å². The van der Waals surface area contributed by atoms with Crippen LogP contribution in [0.4, 0.5) is 0 Å². The van der Waals surface area contributed by atoms with Gasteiger partial charge in [0.25, 0.3) is 0 Å². The highest BCUT2D eigenvalue weighted by atomic mass is 16.5. The van der Waals surface area contributed by atoms with Gasteiger partial charge in [0.15, 0.2) is 0 Å². The molecule has 3 rings (SSSR count). The SMILES string of the molecule is CC1CCN(C(=O)[C@@H](C)N2CCC(C(=O)N3CCOCC3)CC2)CC1. The van der Waals surface area contributed by atoms with Gasteiger partial charge in [0.05, 0.1) is 19.3 Å². The van der Waals surface area contributed by atoms with Gasteiger partial charge in [-0.25, -0.2) is 0 Å². The molecule has 0 N–H and O–H groups in total. The number of ether oxygens (including phenoxy) is 1. The van der Waals surface area contributed by atoms with Crippen LogP contribution in [0.1, 0.15) is 39.5 Å². The Hall–Kier alpha value is -1.14. The maximum Gasteiger partial charge on any atom is 0.239 e. The molecule has 0 aromatic rings. The highest BCUT2D eigenvalue weighted by Crippen LogP contribution is 2.23. The highest BCUT2D eigenvalue weighted by molar-refractivity contribution is 5.82. The van der Waals surface area contributed by atoms with Crippen LogP contribution in [0.3, 0.4) is 0 Å². The average molecular weight is 351 g/mol. The molecule has 0 spiro atoms. The van der Waals surface area contributed by atoms with Gasteiger partial charge < -0.3 is 14.5 Å². The Kier molecular flexibility index (Phi) is 6.34. The summed E-state index contributed by atoms with van der Waals surface area (Å²) in [7, 11) is 0. The maximum atomic E-state index is 12.8. The van der Waals surface area contributed by atoms with Crippen molar-refractivity contribution < 1.29 is 14.3 Å². The summed E-state index contributed by atoms with van der Waals surface area (Å²) in [5.74, 6) is 1.41. The number of carbonyl (C=O) groups excluding carboxylic acids is 2. The van der Waals surface area contributed by atoms with Gasteiger partial charge in [0, 0.05) is 32.1 Å². The van der Waals surface area contributed by atoms with Crippen molar-refractivity contribution in [2.45, 2.75) is 45.6 Å². The van der Waals surface area contributed by atoms with Gasteiger partial charge in [-0.15, -0.1) is 0 Å². The lowest BCUT2D eigenvalue weighted by Gasteiger charge is -2.39. The van der Waals surface area contributed by atoms with Crippen molar-refractivity contribution in [1.82, 2.24) is 14.7 Å². The van der Waals surface area contributed by atoms with Crippen LogP contribution in [-0.4, -0.2) is 85.0 Å². The van der Waals surface area contributed by atoms with Crippen molar-refractivity contribution in [2.24, 2.45) is 11.8 Å². The van der Waals surface area contributed by atoms with E-state index in [4.69, 9.17) is 4.74 Å². The van der Waals surface area contributed by atoms with Crippen molar-refractivity contribution in [2.75, 3.05) is 52.5 Å². The van der Waals surface area contributed by atoms with Crippen LogP contribution in [-0.2, 0) is 14.3 Å². The number of hydrogen-bond acceptors (Lipinski definition) is 4. The second-order valence-electron chi connectivity index (χ2n) is 7.93. The summed E-state index contributed by atoms with van der Waals surface area (Å²) in [6, 6.07) is -0.0622. The van der Waals surface area contributed by atoms with E-state index >= 15 is 0 Å². The number of nitrogens with zero attached hydrogens (tertiary/aromatic N) is 3. The van der Waals surface area contributed by atoms with Crippen LogP contribution >= 0.6 is 0 Å². The summed E-state index contributed by atoms with van der Waals surface area (Å²) in [6.07, 6.45) is 3.97. The maximum absolute atomic E-state index is 12.8. The minimum atomic E-state index is -0.0622. The van der Waals surface area contributed by atoms with Crippen LogP contribution in [0.5, 0.6) is 0 Å². The number of amides is 2. The van der Waals surface area contributed by atoms with Gasteiger partial charge >= 0.3 is 0 Å². The average Bonchev–Trinajstić information content (AvgIpc) is 2.67. The molecule has 3 saturated heterocycles. The summed E-state index contributed by atoms with van der Waals surface area (Å²) in [5.41, 5.74) is 0. The molecule has 6 nitrogen and oxygen atoms in total. The molecule has 3 fully saturated rings. The van der Waals surface area contributed by atoms with Crippen molar-refractivity contribution >= 4 is 11.8 Å². The van der Waals surface area contributed by atoms with Crippen LogP contribution in [0.15, 0.2) is 0 Å². The predicted octanol–water partition coefficient (Wildman–Crippen LogP) is 1.20. The quantitative estimate of drug-likeness (QED) is 0.767. The van der Waals surface area contributed by atoms with Crippen molar-refractivity contribution in [3.8, 4) is 0 Å². The van der Waals surface area contributed by atoms with Crippen molar-refractivity contribution in [3.63, 3.8) is 0 Å². The first-order valence-electron chi connectivity index (χ1n) is 9.95. The van der Waals surface area contributed by atoms with E-state index in [0.717, 1.165) is 70.9 Å². The fourth-order valence-corrected chi connectivity index (χ4v) is 4.23. The molecule has 3 aliphatic rings. The summed E-state index contributed by atoms with van der Waals surface area (Å²) < 4.78 is 5.33. The van der Waals surface area contributed by atoms with Gasteiger partial charge in [-0.2, -0.15) is 0 Å². The predicted molar refractivity (Wildman–Crippen MR) is 96.1 cm³/mol. The lowest BCUT2D eigenvalue weighted by Crippen LogP contribution is -2.53. The van der Waals surface area contributed by atoms with E-state index in [1.54, 1.807) is 0 Å². The number of carbonyl (C=O) groups is 2. The minimum Gasteiger partial charge on any atom is -0.378 e. The molecule has 0 aromatic carbocycles. The Labute approximate surface area is 151 Å². The van der Waals surface area contributed by atoms with Crippen LogP contribution < -0.4 is 0 Å². The summed E-state index contributed by atoms with van der Waals surface area (Å²) in [5, 5.41) is 0. The Morgan fingerprint density at radius 3 is 2.08 bits per heavy atom. The van der Waals surface area contributed by atoms with Crippen LogP contribution in [0.2, 0.25) is 0 Å². The molecule has 0 aromatic heterocycles. The zero-order valence-corrected chi connectivity index (χ0v) is 15.8. The Morgan fingerprint density at radius 2 is 1.48 bits per heavy atom. The number of likely N-dealkylation sites (tertiary alicyclic amines) is 2. The smallest absolute Gasteiger partial charge is 0.239 e. The number of rotatable bonds is 3. The normalized spacial score (nSPS) is 25.8. The first-order valence-corrected chi connectivity index (χ1v) is 9.95. The fraction of sp³-hybridized carbons (Fsp3) is 0.895. The summed E-state index contributed by atoms with van der Waals surface area (Å²) in [4.78, 5) is 31.6. The zero-order chi connectivity index (χ0) is 17.8. The molecule has 1 atom stereocenters. The van der Waals surface area contributed by atoms with Crippen LogP contribution in [0.25, 0.3) is 0 Å². The Bertz CT molecular complexity index is 463. The largest absolute Gasteiger partial charge is 0.378 e. The molecule has 0 radical (unpaired) electrons. The van der Waals surface area contributed by atoms with E-state index in [2.05, 4.69) is 11.8 Å². The molecule has 0 saturated carbocycles. The third-order valence-electron chi connectivity index (χ3n) is 6.20. The zero-order valence-electron chi connectivity index (χ0n) is 15.8. The highest BCUT2D eigenvalue weighted by Gasteiger charge is 2.34. The number of piperidine rings is 2. The molecule has 0 aliphatic carbocycles. The van der Waals surface area contributed by atoms with Gasteiger partial charge in [-0.1, -0.05) is 6.92 Å². The first-order chi connectivity index (χ1) is 12.1. The fourth-order valence-electron chi connectivity index (χ4n) is 4.23. The third-order valence-corrected chi connectivity index (χ3v) is 6.20. The number of hydrogen-bond donors (Lipinski definition) is 0. The molecule has 2 amide bonds. The topological polar surface area (TPSA) is 53.1 Å². The van der Waals surface area contributed by atoms with Crippen LogP contribution in [0, 0.1) is 11.8 Å². The van der Waals surface area contributed by atoms with Crippen molar-refractivity contribution in [1.29, 1.82) is 0 Å². The molecular weight excluding hydrogens is 318 g/mol. The summed E-state index contributed by atoms with van der Waals surface area (Å²) in [6.45, 7) is 10.5. The van der Waals surface area contributed by atoms with E-state index in [1.807, 2.05) is 16.7 Å². The van der Waals surface area contributed by atoms with E-state index in [1.165, 1.54) is 0 Å². The van der Waals surface area contributed by atoms with E-state index in [9.17, 15) is 9.59 Å². The molecule has 25 heavy (non-hydrogen) atoms. The van der Waals surface area contributed by atoms with E-state index in [0.29, 0.717) is 13.2 Å². The molecule has 142 valence electrons. The second kappa shape index (κ2) is 8.49. The van der Waals surface area contributed by atoms with Gasteiger partial charge in [0.1, 0.15) is 0 Å². The second-order valence-corrected chi connectivity index (χ2v) is 7.93. The molecule has 0 bridgehead atoms. The molecule has 0 unspecified atom stereocenters. The summed E-state index contributed by atoms with van der Waals surface area (Å²) >= 11 is 0. The van der Waals surface area contributed by atoms with E-state index in [-0.39, 0.29) is 23.8 Å². The Morgan fingerprint density at radius 1 is 0.880 bits per heavy atom.